The monoisotopic (exact) mass is 585 g/mol. The molecule has 8 nitrogen and oxygen atoms in total. The average Bonchev–Trinajstić information content (AvgIpc) is 3.43. The van der Waals surface area contributed by atoms with Crippen molar-refractivity contribution in [2.75, 3.05) is 19.6 Å². The summed E-state index contributed by atoms with van der Waals surface area (Å²) in [6, 6.07) is 29.3. The van der Waals surface area contributed by atoms with Crippen molar-refractivity contribution >= 4 is 16.1 Å². The Morgan fingerprint density at radius 3 is 2.19 bits per heavy atom. The summed E-state index contributed by atoms with van der Waals surface area (Å²) in [5.41, 5.74) is 4.65. The molecule has 1 aliphatic rings. The van der Waals surface area contributed by atoms with Gasteiger partial charge >= 0.3 is 6.03 Å². The summed E-state index contributed by atoms with van der Waals surface area (Å²) in [5, 5.41) is 7.80. The number of carbonyl (C=O) groups excluding carboxylic acids is 1. The lowest BCUT2D eigenvalue weighted by atomic mass is 9.92. The van der Waals surface area contributed by atoms with Crippen LogP contribution in [-0.4, -0.2) is 48.8 Å². The number of sulfonamides is 1. The SMILES string of the molecule is CCn1nc(Cc2ccccc2)cc1C1CCN(CCC(NC(=O)NS(=O)(=O)c2ccccc2)c2ccccc2)CC1. The molecule has 1 unspecified atom stereocenters. The summed E-state index contributed by atoms with van der Waals surface area (Å²) in [4.78, 5) is 15.3. The zero-order chi connectivity index (χ0) is 29.4. The molecule has 1 aromatic heterocycles. The maximum Gasteiger partial charge on any atom is 0.329 e. The lowest BCUT2D eigenvalue weighted by Gasteiger charge is -2.33. The van der Waals surface area contributed by atoms with Gasteiger partial charge in [-0.2, -0.15) is 5.10 Å². The second-order valence-corrected chi connectivity index (χ2v) is 12.5. The molecule has 0 bridgehead atoms. The summed E-state index contributed by atoms with van der Waals surface area (Å²) in [5.74, 6) is 0.468. The quantitative estimate of drug-likeness (QED) is 0.243. The van der Waals surface area contributed by atoms with E-state index in [1.54, 1.807) is 18.2 Å². The number of nitrogens with zero attached hydrogens (tertiary/aromatic N) is 3. The van der Waals surface area contributed by atoms with E-state index in [0.29, 0.717) is 12.3 Å². The highest BCUT2D eigenvalue weighted by molar-refractivity contribution is 7.90. The van der Waals surface area contributed by atoms with Crippen molar-refractivity contribution in [2.24, 2.45) is 0 Å². The van der Waals surface area contributed by atoms with E-state index < -0.39 is 16.1 Å². The van der Waals surface area contributed by atoms with Gasteiger partial charge in [-0.05, 0) is 68.6 Å². The molecule has 1 aliphatic heterocycles. The molecule has 220 valence electrons. The van der Waals surface area contributed by atoms with Crippen LogP contribution in [0.5, 0.6) is 0 Å². The van der Waals surface area contributed by atoms with Gasteiger partial charge in [0, 0.05) is 31.1 Å². The van der Waals surface area contributed by atoms with Crippen LogP contribution in [0.2, 0.25) is 0 Å². The summed E-state index contributed by atoms with van der Waals surface area (Å²) in [6.07, 6.45) is 3.61. The fourth-order valence-electron chi connectivity index (χ4n) is 5.70. The first kappa shape index (κ1) is 29.5. The molecule has 42 heavy (non-hydrogen) atoms. The van der Waals surface area contributed by atoms with Crippen molar-refractivity contribution in [1.29, 1.82) is 0 Å². The van der Waals surface area contributed by atoms with Gasteiger partial charge in [-0.25, -0.2) is 17.9 Å². The molecule has 0 radical (unpaired) electrons. The third-order valence-corrected chi connectivity index (χ3v) is 9.26. The minimum atomic E-state index is -3.96. The van der Waals surface area contributed by atoms with E-state index in [-0.39, 0.29) is 10.9 Å². The van der Waals surface area contributed by atoms with E-state index in [0.717, 1.165) is 56.7 Å². The van der Waals surface area contributed by atoms with Gasteiger partial charge < -0.3 is 10.2 Å². The first-order chi connectivity index (χ1) is 20.4. The molecule has 2 amide bonds. The molecule has 4 aromatic rings. The molecular formula is C33H39N5O3S. The Hall–Kier alpha value is -3.95. The maximum absolute atomic E-state index is 12.8. The molecule has 3 aromatic carbocycles. The molecule has 9 heteroatoms. The summed E-state index contributed by atoms with van der Waals surface area (Å²) in [7, 11) is -3.96. The summed E-state index contributed by atoms with van der Waals surface area (Å²) >= 11 is 0. The molecule has 2 heterocycles. The number of urea groups is 1. The predicted octanol–water partition coefficient (Wildman–Crippen LogP) is 5.49. The highest BCUT2D eigenvalue weighted by Crippen LogP contribution is 2.30. The Morgan fingerprint density at radius 1 is 0.929 bits per heavy atom. The summed E-state index contributed by atoms with van der Waals surface area (Å²) in [6.45, 7) is 5.73. The summed E-state index contributed by atoms with van der Waals surface area (Å²) < 4.78 is 29.7. The largest absolute Gasteiger partial charge is 0.330 e. The van der Waals surface area contributed by atoms with Crippen molar-refractivity contribution in [2.45, 2.75) is 56.0 Å². The first-order valence-electron chi connectivity index (χ1n) is 14.7. The van der Waals surface area contributed by atoms with E-state index in [9.17, 15) is 13.2 Å². The maximum atomic E-state index is 12.8. The van der Waals surface area contributed by atoms with E-state index in [1.165, 1.54) is 23.4 Å². The Labute approximate surface area is 248 Å². The van der Waals surface area contributed by atoms with Crippen LogP contribution in [0.15, 0.2) is 102 Å². The van der Waals surface area contributed by atoms with Crippen LogP contribution in [0.1, 0.15) is 60.7 Å². The van der Waals surface area contributed by atoms with Crippen LogP contribution in [0.3, 0.4) is 0 Å². The van der Waals surface area contributed by atoms with Crippen LogP contribution in [0, 0.1) is 0 Å². The zero-order valence-electron chi connectivity index (χ0n) is 24.0. The van der Waals surface area contributed by atoms with Gasteiger partial charge in [0.15, 0.2) is 0 Å². The lowest BCUT2D eigenvalue weighted by Crippen LogP contribution is -2.42. The van der Waals surface area contributed by atoms with Crippen LogP contribution in [0.4, 0.5) is 4.79 Å². The van der Waals surface area contributed by atoms with E-state index in [1.807, 2.05) is 36.4 Å². The molecule has 0 saturated carbocycles. The lowest BCUT2D eigenvalue weighted by molar-refractivity contribution is 0.197. The van der Waals surface area contributed by atoms with Gasteiger partial charge in [-0.15, -0.1) is 0 Å². The second-order valence-electron chi connectivity index (χ2n) is 10.8. The average molecular weight is 586 g/mol. The van der Waals surface area contributed by atoms with Crippen molar-refractivity contribution in [3.05, 3.63) is 120 Å². The minimum Gasteiger partial charge on any atom is -0.330 e. The number of rotatable bonds is 11. The van der Waals surface area contributed by atoms with Gasteiger partial charge in [0.2, 0.25) is 0 Å². The van der Waals surface area contributed by atoms with Gasteiger partial charge in [-0.3, -0.25) is 4.68 Å². The molecule has 0 aliphatic carbocycles. The number of amides is 2. The van der Waals surface area contributed by atoms with Gasteiger partial charge in [0.25, 0.3) is 10.0 Å². The number of likely N-dealkylation sites (tertiary alicyclic amines) is 1. The Bertz CT molecular complexity index is 1530. The minimum absolute atomic E-state index is 0.0517. The number of benzene rings is 3. The van der Waals surface area contributed by atoms with Crippen LogP contribution >= 0.6 is 0 Å². The first-order valence-corrected chi connectivity index (χ1v) is 16.2. The molecule has 1 atom stereocenters. The molecule has 1 saturated heterocycles. The van der Waals surface area contributed by atoms with E-state index in [4.69, 9.17) is 5.10 Å². The molecular weight excluding hydrogens is 546 g/mol. The van der Waals surface area contributed by atoms with Crippen molar-refractivity contribution in [3.63, 3.8) is 0 Å². The molecule has 5 rings (SSSR count). The standard InChI is InChI=1S/C33H39N5O3S/c1-2-38-32(25-29(35-38)24-26-12-6-3-7-13-26)28-18-21-37(22-19-28)23-20-31(27-14-8-4-9-15-27)34-33(39)36-42(40,41)30-16-10-5-11-17-30/h3-17,25,28,31H,2,18-24H2,1H3,(H2,34,36,39). The number of piperidine rings is 1. The predicted molar refractivity (Wildman–Crippen MR) is 165 cm³/mol. The van der Waals surface area contributed by atoms with Gasteiger partial charge in [0.1, 0.15) is 0 Å². The fraction of sp³-hybridized carbons (Fsp3) is 0.333. The number of hydrogen-bond acceptors (Lipinski definition) is 5. The van der Waals surface area contributed by atoms with Crippen LogP contribution < -0.4 is 10.0 Å². The Balaban J connectivity index is 1.18. The molecule has 2 N–H and O–H groups in total. The van der Waals surface area contributed by atoms with Crippen LogP contribution in [0.25, 0.3) is 0 Å². The second kappa shape index (κ2) is 13.8. The van der Waals surface area contributed by atoms with E-state index in [2.05, 4.69) is 56.9 Å². The fourth-order valence-corrected chi connectivity index (χ4v) is 6.64. The van der Waals surface area contributed by atoms with E-state index >= 15 is 0 Å². The number of hydrogen-bond donors (Lipinski definition) is 2. The number of aromatic nitrogens is 2. The molecule has 0 spiro atoms. The van der Waals surface area contributed by atoms with Crippen LogP contribution in [-0.2, 0) is 23.0 Å². The van der Waals surface area contributed by atoms with Gasteiger partial charge in [-0.1, -0.05) is 78.9 Å². The number of nitrogens with one attached hydrogen (secondary N) is 2. The highest BCUT2D eigenvalue weighted by Gasteiger charge is 2.26. The Morgan fingerprint density at radius 2 is 1.55 bits per heavy atom. The third-order valence-electron chi connectivity index (χ3n) is 7.92. The van der Waals surface area contributed by atoms with Crippen molar-refractivity contribution in [1.82, 2.24) is 24.7 Å². The van der Waals surface area contributed by atoms with Crippen molar-refractivity contribution < 1.29 is 13.2 Å². The van der Waals surface area contributed by atoms with Gasteiger partial charge in [0.05, 0.1) is 16.6 Å². The number of aryl methyl sites for hydroxylation is 1. The third kappa shape index (κ3) is 7.66. The smallest absolute Gasteiger partial charge is 0.329 e. The number of carbonyl (C=O) groups is 1. The topological polar surface area (TPSA) is 96.3 Å². The highest BCUT2D eigenvalue weighted by atomic mass is 32.2. The van der Waals surface area contributed by atoms with Crippen molar-refractivity contribution in [3.8, 4) is 0 Å². The Kier molecular flexibility index (Phi) is 9.71. The molecule has 1 fully saturated rings. The normalized spacial score (nSPS) is 15.3. The zero-order valence-corrected chi connectivity index (χ0v) is 24.8.